The Hall–Kier alpha value is -4.30. The number of hydrogen-bond donors (Lipinski definition) is 0. The van der Waals surface area contributed by atoms with Crippen LogP contribution in [0.2, 0.25) is 0 Å². The van der Waals surface area contributed by atoms with Gasteiger partial charge in [-0.15, -0.1) is 0 Å². The summed E-state index contributed by atoms with van der Waals surface area (Å²) in [6, 6.07) is 6.19. The van der Waals surface area contributed by atoms with Gasteiger partial charge in [-0.1, -0.05) is 0 Å². The Balaban J connectivity index is 1.23. The van der Waals surface area contributed by atoms with Crippen molar-refractivity contribution in [2.24, 2.45) is 13.0 Å². The molecule has 188 valence electrons. The van der Waals surface area contributed by atoms with E-state index in [4.69, 9.17) is 9.97 Å². The molecule has 4 aromatic rings. The average molecular weight is 497 g/mol. The van der Waals surface area contributed by atoms with Crippen molar-refractivity contribution < 1.29 is 4.79 Å². The van der Waals surface area contributed by atoms with Crippen molar-refractivity contribution in [3.8, 4) is 28.6 Å². The number of anilines is 1. The number of amides is 1. The summed E-state index contributed by atoms with van der Waals surface area (Å²) < 4.78 is 3.41. The van der Waals surface area contributed by atoms with Crippen LogP contribution in [-0.2, 0) is 11.8 Å². The zero-order valence-electron chi connectivity index (χ0n) is 20.9. The fraction of sp³-hybridized carbons (Fsp3) is 0.385. The molecule has 0 saturated carbocycles. The molecule has 2 saturated heterocycles. The van der Waals surface area contributed by atoms with Crippen molar-refractivity contribution in [3.63, 3.8) is 0 Å². The van der Waals surface area contributed by atoms with Crippen LogP contribution in [0, 0.1) is 17.2 Å². The van der Waals surface area contributed by atoms with Gasteiger partial charge in [0.1, 0.15) is 23.0 Å². The summed E-state index contributed by atoms with van der Waals surface area (Å²) in [6.45, 7) is 4.77. The number of nitriles is 1. The Morgan fingerprint density at radius 1 is 1.00 bits per heavy atom. The molecule has 37 heavy (non-hydrogen) atoms. The number of fused-ring (bicyclic) bond motifs is 1. The van der Waals surface area contributed by atoms with Gasteiger partial charge >= 0.3 is 0 Å². The highest BCUT2D eigenvalue weighted by molar-refractivity contribution is 5.83. The summed E-state index contributed by atoms with van der Waals surface area (Å²) in [6.07, 6.45) is 9.76. The molecule has 11 nitrogen and oxygen atoms in total. The average Bonchev–Trinajstić information content (AvgIpc) is 3.67. The Labute approximate surface area is 214 Å². The Morgan fingerprint density at radius 3 is 2.49 bits per heavy atom. The summed E-state index contributed by atoms with van der Waals surface area (Å²) in [5.41, 5.74) is 4.12. The molecule has 6 heterocycles. The van der Waals surface area contributed by atoms with Crippen molar-refractivity contribution in [1.82, 2.24) is 39.2 Å². The van der Waals surface area contributed by atoms with E-state index in [-0.39, 0.29) is 11.8 Å². The number of likely N-dealkylation sites (tertiary alicyclic amines) is 1. The van der Waals surface area contributed by atoms with Crippen LogP contribution in [0.25, 0.3) is 28.0 Å². The van der Waals surface area contributed by atoms with Crippen molar-refractivity contribution in [1.29, 1.82) is 5.26 Å². The normalized spacial score (nSPS) is 18.5. The van der Waals surface area contributed by atoms with Gasteiger partial charge in [-0.3, -0.25) is 9.48 Å². The first-order chi connectivity index (χ1) is 18.0. The maximum absolute atomic E-state index is 12.9. The van der Waals surface area contributed by atoms with Gasteiger partial charge in [0.05, 0.1) is 35.9 Å². The first-order valence-electron chi connectivity index (χ1n) is 12.5. The van der Waals surface area contributed by atoms with Crippen LogP contribution in [0.15, 0.2) is 43.1 Å². The Morgan fingerprint density at radius 2 is 1.84 bits per heavy atom. The molecule has 2 fully saturated rings. The highest BCUT2D eigenvalue weighted by atomic mass is 16.2. The van der Waals surface area contributed by atoms with Gasteiger partial charge in [0, 0.05) is 63.3 Å². The number of rotatable bonds is 4. The Kier molecular flexibility index (Phi) is 5.81. The highest BCUT2D eigenvalue weighted by Crippen LogP contribution is 2.29. The molecule has 1 atom stereocenters. The van der Waals surface area contributed by atoms with Crippen molar-refractivity contribution >= 4 is 17.2 Å². The van der Waals surface area contributed by atoms with Crippen LogP contribution in [-0.4, -0.2) is 91.4 Å². The smallest absolute Gasteiger partial charge is 0.227 e. The van der Waals surface area contributed by atoms with Gasteiger partial charge in [0.25, 0.3) is 0 Å². The number of hydrogen-bond acceptors (Lipinski definition) is 8. The molecule has 4 aromatic heterocycles. The molecule has 6 rings (SSSR count). The summed E-state index contributed by atoms with van der Waals surface area (Å²) in [5.74, 6) is 1.28. The minimum absolute atomic E-state index is 0.127. The second-order valence-electron chi connectivity index (χ2n) is 9.81. The lowest BCUT2D eigenvalue weighted by molar-refractivity contribution is -0.135. The van der Waals surface area contributed by atoms with E-state index >= 15 is 0 Å². The first-order valence-corrected chi connectivity index (χ1v) is 12.5. The van der Waals surface area contributed by atoms with E-state index in [1.807, 2.05) is 36.5 Å². The van der Waals surface area contributed by atoms with E-state index in [9.17, 15) is 10.1 Å². The van der Waals surface area contributed by atoms with Crippen molar-refractivity contribution in [3.05, 3.63) is 48.7 Å². The largest absolute Gasteiger partial charge is 0.353 e. The fourth-order valence-corrected chi connectivity index (χ4v) is 5.25. The molecule has 11 heteroatoms. The van der Waals surface area contributed by atoms with Gasteiger partial charge in [0.2, 0.25) is 5.91 Å². The number of carbonyl (C=O) groups excluding carboxylic acids is 1. The van der Waals surface area contributed by atoms with Gasteiger partial charge < -0.3 is 14.7 Å². The topological polar surface area (TPSA) is 111 Å². The minimum Gasteiger partial charge on any atom is -0.353 e. The maximum Gasteiger partial charge on any atom is 0.227 e. The van der Waals surface area contributed by atoms with Gasteiger partial charge in [-0.2, -0.15) is 15.5 Å². The van der Waals surface area contributed by atoms with Crippen LogP contribution in [0.1, 0.15) is 12.0 Å². The van der Waals surface area contributed by atoms with Crippen LogP contribution >= 0.6 is 0 Å². The quantitative estimate of drug-likeness (QED) is 0.419. The van der Waals surface area contributed by atoms with E-state index in [1.165, 1.54) is 0 Å². The summed E-state index contributed by atoms with van der Waals surface area (Å²) >= 11 is 0. The molecular formula is C26H28N10O. The van der Waals surface area contributed by atoms with Crippen LogP contribution in [0.4, 0.5) is 5.82 Å². The third-order valence-corrected chi connectivity index (χ3v) is 7.29. The van der Waals surface area contributed by atoms with Crippen LogP contribution < -0.4 is 4.90 Å². The monoisotopic (exact) mass is 496 g/mol. The standard InChI is InChI=1S/C26H28N10O/c1-32-6-5-19(15-32)26(37)35-9-7-34(8-10-35)23-4-3-18(12-28-23)24-25-20(11-27)13-30-36(25)17-22(31-24)21-14-29-33(2)16-21/h3-4,12-14,16-17,19H,5-10,15H2,1-2H3/t19-/m1/s1. The lowest BCUT2D eigenvalue weighted by atomic mass is 10.1. The number of nitrogens with zero attached hydrogens (tertiary/aromatic N) is 10. The fourth-order valence-electron chi connectivity index (χ4n) is 5.25. The molecule has 0 radical (unpaired) electrons. The number of piperazine rings is 1. The van der Waals surface area contributed by atoms with E-state index < -0.39 is 0 Å². The van der Waals surface area contributed by atoms with Crippen LogP contribution in [0.5, 0.6) is 0 Å². The molecule has 2 aliphatic heterocycles. The molecule has 0 unspecified atom stereocenters. The third kappa shape index (κ3) is 4.29. The molecule has 0 N–H and O–H groups in total. The predicted molar refractivity (Wildman–Crippen MR) is 138 cm³/mol. The molecule has 1 amide bonds. The van der Waals surface area contributed by atoms with Gasteiger partial charge in [0.15, 0.2) is 0 Å². The van der Waals surface area contributed by atoms with Crippen LogP contribution in [0.3, 0.4) is 0 Å². The van der Waals surface area contributed by atoms with E-state index in [0.717, 1.165) is 49.5 Å². The molecular weight excluding hydrogens is 468 g/mol. The number of carbonyl (C=O) groups is 1. The van der Waals surface area contributed by atoms with Crippen molar-refractivity contribution in [2.45, 2.75) is 6.42 Å². The van der Waals surface area contributed by atoms with Gasteiger partial charge in [-0.25, -0.2) is 14.5 Å². The maximum atomic E-state index is 12.9. The highest BCUT2D eigenvalue weighted by Gasteiger charge is 2.31. The first kappa shape index (κ1) is 23.1. The summed E-state index contributed by atoms with van der Waals surface area (Å²) in [5, 5.41) is 18.3. The Bertz CT molecular complexity index is 1490. The third-order valence-electron chi connectivity index (χ3n) is 7.29. The van der Waals surface area contributed by atoms with Crippen molar-refractivity contribution in [2.75, 3.05) is 51.2 Å². The molecule has 0 aromatic carbocycles. The zero-order chi connectivity index (χ0) is 25.5. The molecule has 2 aliphatic rings. The van der Waals surface area contributed by atoms with Gasteiger partial charge in [-0.05, 0) is 32.1 Å². The number of aromatic nitrogens is 6. The second kappa shape index (κ2) is 9.29. The summed E-state index contributed by atoms with van der Waals surface area (Å²) in [7, 11) is 3.93. The number of aryl methyl sites for hydroxylation is 1. The molecule has 0 aliphatic carbocycles. The predicted octanol–water partition coefficient (Wildman–Crippen LogP) is 1.66. The molecule has 0 bridgehead atoms. The van der Waals surface area contributed by atoms with E-state index in [2.05, 4.69) is 33.1 Å². The van der Waals surface area contributed by atoms with E-state index in [0.29, 0.717) is 35.6 Å². The zero-order valence-corrected chi connectivity index (χ0v) is 20.9. The SMILES string of the molecule is CN1CC[C@@H](C(=O)N2CCN(c3ccc(-c4nc(-c5cnn(C)c5)cn5ncc(C#N)c45)cn3)CC2)C1. The second-order valence-corrected chi connectivity index (χ2v) is 9.81. The lowest BCUT2D eigenvalue weighted by Gasteiger charge is -2.36. The number of pyridine rings is 1. The van der Waals surface area contributed by atoms with E-state index in [1.54, 1.807) is 27.8 Å². The lowest BCUT2D eigenvalue weighted by Crippen LogP contribution is -2.50. The minimum atomic E-state index is 0.127. The summed E-state index contributed by atoms with van der Waals surface area (Å²) in [4.78, 5) is 28.9. The molecule has 0 spiro atoms.